The highest BCUT2D eigenvalue weighted by atomic mass is 16.5. The van der Waals surface area contributed by atoms with Crippen LogP contribution in [0.2, 0.25) is 0 Å². The minimum absolute atomic E-state index is 0.277. The van der Waals surface area contributed by atoms with Crippen molar-refractivity contribution in [1.29, 1.82) is 0 Å². The molecule has 2 N–H and O–H groups in total. The molecule has 7 heteroatoms. The number of hydrogen-bond donors (Lipinski definition) is 2. The van der Waals surface area contributed by atoms with Crippen LogP contribution in [0.4, 0.5) is 4.79 Å². The molecule has 1 atom stereocenters. The Labute approximate surface area is 198 Å². The van der Waals surface area contributed by atoms with E-state index < -0.39 is 18.0 Å². The highest BCUT2D eigenvalue weighted by Gasteiger charge is 2.35. The van der Waals surface area contributed by atoms with Gasteiger partial charge in [-0.3, -0.25) is 0 Å². The molecule has 0 spiro atoms. The standard InChI is InChI=1S/C27H26N2O5/c1-17-8-10-18(11-9-17)16-34-22-7-5-4-6-21(22)25-23(26(30)33-3)24(28-27(31)29-25)19-12-14-20(32-2)15-13-19/h4-15,25H,16H2,1-3H3,(H2,28,29,31). The number of benzene rings is 3. The summed E-state index contributed by atoms with van der Waals surface area (Å²) in [5.41, 5.74) is 4.13. The van der Waals surface area contributed by atoms with Crippen LogP contribution in [0, 0.1) is 6.92 Å². The third kappa shape index (κ3) is 4.88. The number of ether oxygens (including phenoxy) is 3. The zero-order chi connectivity index (χ0) is 24.1. The molecule has 34 heavy (non-hydrogen) atoms. The first-order valence-corrected chi connectivity index (χ1v) is 10.8. The average molecular weight is 459 g/mol. The van der Waals surface area contributed by atoms with Gasteiger partial charge in [0.25, 0.3) is 0 Å². The topological polar surface area (TPSA) is 85.9 Å². The Morgan fingerprint density at radius 2 is 1.65 bits per heavy atom. The molecule has 0 bridgehead atoms. The molecule has 0 radical (unpaired) electrons. The summed E-state index contributed by atoms with van der Waals surface area (Å²) in [6.07, 6.45) is 0. The first kappa shape index (κ1) is 22.9. The van der Waals surface area contributed by atoms with Gasteiger partial charge in [0.2, 0.25) is 0 Å². The van der Waals surface area contributed by atoms with Crippen molar-refractivity contribution in [3.05, 3.63) is 101 Å². The maximum Gasteiger partial charge on any atom is 0.338 e. The number of esters is 1. The van der Waals surface area contributed by atoms with Crippen LogP contribution in [0.25, 0.3) is 5.70 Å². The molecule has 0 saturated heterocycles. The predicted octanol–water partition coefficient (Wildman–Crippen LogP) is 4.52. The van der Waals surface area contributed by atoms with E-state index in [4.69, 9.17) is 14.2 Å². The Hall–Kier alpha value is -4.26. The molecule has 0 aromatic heterocycles. The predicted molar refractivity (Wildman–Crippen MR) is 128 cm³/mol. The minimum Gasteiger partial charge on any atom is -0.497 e. The molecular weight excluding hydrogens is 432 g/mol. The lowest BCUT2D eigenvalue weighted by molar-refractivity contribution is -0.136. The lowest BCUT2D eigenvalue weighted by Gasteiger charge is -2.30. The number of carbonyl (C=O) groups is 2. The number of amides is 2. The number of nitrogens with one attached hydrogen (secondary N) is 2. The van der Waals surface area contributed by atoms with Crippen molar-refractivity contribution in [3.63, 3.8) is 0 Å². The summed E-state index contributed by atoms with van der Waals surface area (Å²) in [5.74, 6) is 0.665. The van der Waals surface area contributed by atoms with Crippen LogP contribution in [0.5, 0.6) is 11.5 Å². The van der Waals surface area contributed by atoms with Crippen LogP contribution in [0.3, 0.4) is 0 Å². The largest absolute Gasteiger partial charge is 0.497 e. The molecule has 0 aliphatic carbocycles. The fourth-order valence-electron chi connectivity index (χ4n) is 3.81. The molecule has 174 valence electrons. The number of hydrogen-bond acceptors (Lipinski definition) is 5. The number of methoxy groups -OCH3 is 2. The summed E-state index contributed by atoms with van der Waals surface area (Å²) < 4.78 is 16.4. The Morgan fingerprint density at radius 3 is 2.32 bits per heavy atom. The van der Waals surface area contributed by atoms with Crippen LogP contribution >= 0.6 is 0 Å². The van der Waals surface area contributed by atoms with E-state index in [1.807, 2.05) is 55.5 Å². The van der Waals surface area contributed by atoms with Gasteiger partial charge in [0.05, 0.1) is 31.5 Å². The molecule has 1 aliphatic heterocycles. The van der Waals surface area contributed by atoms with E-state index in [2.05, 4.69) is 10.6 Å². The van der Waals surface area contributed by atoms with Crippen molar-refractivity contribution in [2.45, 2.75) is 19.6 Å². The number of rotatable bonds is 7. The van der Waals surface area contributed by atoms with Gasteiger partial charge in [0.1, 0.15) is 18.1 Å². The van der Waals surface area contributed by atoms with Gasteiger partial charge in [0, 0.05) is 5.56 Å². The average Bonchev–Trinajstić information content (AvgIpc) is 2.87. The summed E-state index contributed by atoms with van der Waals surface area (Å²) >= 11 is 0. The highest BCUT2D eigenvalue weighted by Crippen LogP contribution is 2.36. The first-order valence-electron chi connectivity index (χ1n) is 10.8. The van der Waals surface area contributed by atoms with Crippen molar-refractivity contribution < 1.29 is 23.8 Å². The SMILES string of the molecule is COC(=O)C1=C(c2ccc(OC)cc2)NC(=O)NC1c1ccccc1OCc1ccc(C)cc1. The van der Waals surface area contributed by atoms with E-state index in [1.165, 1.54) is 12.7 Å². The van der Waals surface area contributed by atoms with Crippen molar-refractivity contribution >= 4 is 17.7 Å². The van der Waals surface area contributed by atoms with Crippen LogP contribution in [0.15, 0.2) is 78.4 Å². The minimum atomic E-state index is -0.771. The summed E-state index contributed by atoms with van der Waals surface area (Å²) in [5, 5.41) is 5.62. The second-order valence-electron chi connectivity index (χ2n) is 7.85. The third-order valence-electron chi connectivity index (χ3n) is 5.60. The Bertz CT molecular complexity index is 1220. The number of aryl methyl sites for hydroxylation is 1. The lowest BCUT2D eigenvalue weighted by atomic mass is 9.92. The fourth-order valence-corrected chi connectivity index (χ4v) is 3.81. The summed E-state index contributed by atoms with van der Waals surface area (Å²) in [7, 11) is 2.89. The van der Waals surface area contributed by atoms with Crippen molar-refractivity contribution in [3.8, 4) is 11.5 Å². The second-order valence-corrected chi connectivity index (χ2v) is 7.85. The first-order chi connectivity index (χ1) is 16.5. The van der Waals surface area contributed by atoms with Crippen LogP contribution in [0.1, 0.15) is 28.3 Å². The van der Waals surface area contributed by atoms with Gasteiger partial charge >= 0.3 is 12.0 Å². The van der Waals surface area contributed by atoms with Gasteiger partial charge in [-0.15, -0.1) is 0 Å². The maximum absolute atomic E-state index is 12.9. The zero-order valence-electron chi connectivity index (χ0n) is 19.3. The molecule has 4 rings (SSSR count). The third-order valence-corrected chi connectivity index (χ3v) is 5.60. The van der Waals surface area contributed by atoms with Crippen LogP contribution < -0.4 is 20.1 Å². The van der Waals surface area contributed by atoms with Gasteiger partial charge in [-0.1, -0.05) is 48.0 Å². The van der Waals surface area contributed by atoms with E-state index in [0.29, 0.717) is 34.9 Å². The van der Waals surface area contributed by atoms with E-state index >= 15 is 0 Å². The van der Waals surface area contributed by atoms with E-state index in [-0.39, 0.29) is 5.57 Å². The maximum atomic E-state index is 12.9. The molecule has 2 amide bonds. The van der Waals surface area contributed by atoms with Gasteiger partial charge in [-0.2, -0.15) is 0 Å². The Kier molecular flexibility index (Phi) is 6.82. The number of carbonyl (C=O) groups excluding carboxylic acids is 2. The van der Waals surface area contributed by atoms with E-state index in [0.717, 1.165) is 5.56 Å². The van der Waals surface area contributed by atoms with Gasteiger partial charge in [-0.05, 0) is 48.4 Å². The Morgan fingerprint density at radius 1 is 0.941 bits per heavy atom. The number of para-hydroxylation sites is 1. The quantitative estimate of drug-likeness (QED) is 0.509. The smallest absolute Gasteiger partial charge is 0.338 e. The monoisotopic (exact) mass is 458 g/mol. The molecule has 0 fully saturated rings. The molecular formula is C27H26N2O5. The highest BCUT2D eigenvalue weighted by molar-refractivity contribution is 6.04. The molecule has 1 aliphatic rings. The molecule has 0 saturated carbocycles. The molecule has 7 nitrogen and oxygen atoms in total. The molecule has 1 heterocycles. The molecule has 3 aromatic carbocycles. The van der Waals surface area contributed by atoms with Crippen LogP contribution in [-0.2, 0) is 16.1 Å². The van der Waals surface area contributed by atoms with Crippen molar-refractivity contribution in [2.75, 3.05) is 14.2 Å². The fraction of sp³-hybridized carbons (Fsp3) is 0.185. The van der Waals surface area contributed by atoms with Gasteiger partial charge < -0.3 is 24.8 Å². The summed E-state index contributed by atoms with van der Waals surface area (Å²) in [6, 6.07) is 21.3. The Balaban J connectivity index is 1.75. The van der Waals surface area contributed by atoms with Gasteiger partial charge in [0.15, 0.2) is 0 Å². The summed E-state index contributed by atoms with van der Waals surface area (Å²) in [6.45, 7) is 2.37. The molecule has 3 aromatic rings. The van der Waals surface area contributed by atoms with Gasteiger partial charge in [-0.25, -0.2) is 9.59 Å². The lowest BCUT2D eigenvalue weighted by Crippen LogP contribution is -2.45. The van der Waals surface area contributed by atoms with Crippen molar-refractivity contribution in [1.82, 2.24) is 10.6 Å². The molecule has 1 unspecified atom stereocenters. The normalized spacial score (nSPS) is 15.3. The number of urea groups is 1. The van der Waals surface area contributed by atoms with Crippen molar-refractivity contribution in [2.24, 2.45) is 0 Å². The van der Waals surface area contributed by atoms with Crippen LogP contribution in [-0.4, -0.2) is 26.2 Å². The zero-order valence-corrected chi connectivity index (χ0v) is 19.3. The summed E-state index contributed by atoms with van der Waals surface area (Å²) in [4.78, 5) is 25.6. The second kappa shape index (κ2) is 10.1. The van der Waals surface area contributed by atoms with E-state index in [1.54, 1.807) is 31.4 Å². The van der Waals surface area contributed by atoms with E-state index in [9.17, 15) is 9.59 Å².